The molecule has 11 nitrogen and oxygen atoms in total. The Balaban J connectivity index is 1.97. The van der Waals surface area contributed by atoms with Crippen LogP contribution in [0.25, 0.3) is 4.85 Å². The van der Waals surface area contributed by atoms with E-state index in [1.165, 1.54) is 24.3 Å². The van der Waals surface area contributed by atoms with E-state index >= 15 is 0 Å². The summed E-state index contributed by atoms with van der Waals surface area (Å²) in [5.41, 5.74) is 10.8. The molecule has 0 aliphatic heterocycles. The molecule has 0 bridgehead atoms. The standard InChI is InChI=1S/C20H23N5O6S/c1-23-16-5-2-3-6-18(16)32(28,29)25-17(19(26)27)13-14-7-9-15(10-8-14)30-11-4-12-31-24-20(21)22/h2-3,5-10,17,25H,4,11-13H2,(H,26,27)(H4,21,22,24)/t17-/m0/s1. The Bertz CT molecular complexity index is 1090. The summed E-state index contributed by atoms with van der Waals surface area (Å²) < 4.78 is 33.0. The van der Waals surface area contributed by atoms with Crippen LogP contribution in [0.3, 0.4) is 0 Å². The summed E-state index contributed by atoms with van der Waals surface area (Å²) >= 11 is 0. The van der Waals surface area contributed by atoms with E-state index in [9.17, 15) is 18.3 Å². The second-order valence-corrected chi connectivity index (χ2v) is 8.17. The third-order valence-corrected chi connectivity index (χ3v) is 5.57. The number of oxime groups is 1. The molecule has 0 heterocycles. The first-order chi connectivity index (χ1) is 15.2. The van der Waals surface area contributed by atoms with Gasteiger partial charge < -0.3 is 26.1 Å². The molecule has 0 aliphatic carbocycles. The summed E-state index contributed by atoms with van der Waals surface area (Å²) in [6.07, 6.45) is 0.439. The van der Waals surface area contributed by atoms with Gasteiger partial charge in [0.05, 0.1) is 18.1 Å². The number of ether oxygens (including phenoxy) is 1. The fraction of sp³-hybridized carbons (Fsp3) is 0.250. The highest BCUT2D eigenvalue weighted by Crippen LogP contribution is 2.24. The van der Waals surface area contributed by atoms with Crippen LogP contribution in [0.2, 0.25) is 0 Å². The van der Waals surface area contributed by atoms with Crippen LogP contribution in [0.5, 0.6) is 5.75 Å². The largest absolute Gasteiger partial charge is 0.493 e. The minimum atomic E-state index is -4.21. The van der Waals surface area contributed by atoms with Gasteiger partial charge in [-0.3, -0.25) is 4.79 Å². The van der Waals surface area contributed by atoms with Gasteiger partial charge in [0.2, 0.25) is 21.7 Å². The Morgan fingerprint density at radius 3 is 2.47 bits per heavy atom. The average molecular weight is 462 g/mol. The lowest BCUT2D eigenvalue weighted by molar-refractivity contribution is -0.138. The van der Waals surface area contributed by atoms with Crippen molar-refractivity contribution in [2.45, 2.75) is 23.8 Å². The van der Waals surface area contributed by atoms with Gasteiger partial charge in [-0.15, -0.1) is 0 Å². The molecular formula is C20H23N5O6S. The summed E-state index contributed by atoms with van der Waals surface area (Å²) in [6.45, 7) is 7.73. The molecule has 32 heavy (non-hydrogen) atoms. The van der Waals surface area contributed by atoms with Crippen LogP contribution in [0.1, 0.15) is 12.0 Å². The van der Waals surface area contributed by atoms with Gasteiger partial charge in [0.15, 0.2) is 0 Å². The first-order valence-corrected chi connectivity index (χ1v) is 10.9. The summed E-state index contributed by atoms with van der Waals surface area (Å²) in [5, 5.41) is 12.9. The predicted molar refractivity (Wildman–Crippen MR) is 116 cm³/mol. The number of guanidine groups is 1. The molecule has 0 fully saturated rings. The van der Waals surface area contributed by atoms with Crippen molar-refractivity contribution in [3.63, 3.8) is 0 Å². The highest BCUT2D eigenvalue weighted by Gasteiger charge is 2.27. The smallest absolute Gasteiger partial charge is 0.322 e. The Morgan fingerprint density at radius 1 is 1.16 bits per heavy atom. The van der Waals surface area contributed by atoms with Gasteiger partial charge in [-0.25, -0.2) is 13.3 Å². The van der Waals surface area contributed by atoms with Crippen LogP contribution in [0, 0.1) is 6.57 Å². The minimum absolute atomic E-state index is 0.0886. The Morgan fingerprint density at radius 2 is 1.84 bits per heavy atom. The highest BCUT2D eigenvalue weighted by atomic mass is 32.2. The first-order valence-electron chi connectivity index (χ1n) is 9.37. The molecule has 170 valence electrons. The lowest BCUT2D eigenvalue weighted by Crippen LogP contribution is -2.42. The number of sulfonamides is 1. The molecule has 12 heteroatoms. The zero-order chi connectivity index (χ0) is 23.6. The van der Waals surface area contributed by atoms with Crippen molar-refractivity contribution in [2.24, 2.45) is 16.6 Å². The van der Waals surface area contributed by atoms with Crippen molar-refractivity contribution in [2.75, 3.05) is 13.2 Å². The number of aliphatic carboxylic acids is 1. The molecule has 0 saturated carbocycles. The molecule has 6 N–H and O–H groups in total. The van der Waals surface area contributed by atoms with Crippen molar-refractivity contribution in [3.8, 4) is 5.75 Å². The Kier molecular flexibility index (Phi) is 8.82. The monoisotopic (exact) mass is 461 g/mol. The molecular weight excluding hydrogens is 438 g/mol. The minimum Gasteiger partial charge on any atom is -0.493 e. The van der Waals surface area contributed by atoms with E-state index in [0.29, 0.717) is 24.3 Å². The maximum absolute atomic E-state index is 12.6. The fourth-order valence-electron chi connectivity index (χ4n) is 2.60. The number of rotatable bonds is 12. The Labute approximate surface area is 185 Å². The molecule has 0 aliphatic rings. The van der Waals surface area contributed by atoms with Crippen molar-refractivity contribution in [1.82, 2.24) is 4.72 Å². The molecule has 2 aromatic rings. The average Bonchev–Trinajstić information content (AvgIpc) is 2.76. The van der Waals surface area contributed by atoms with Crippen molar-refractivity contribution < 1.29 is 27.9 Å². The molecule has 0 unspecified atom stereocenters. The van der Waals surface area contributed by atoms with Gasteiger partial charge in [0.25, 0.3) is 0 Å². The van der Waals surface area contributed by atoms with E-state index in [1.807, 2.05) is 0 Å². The third kappa shape index (κ3) is 7.46. The number of nitrogens with two attached hydrogens (primary N) is 2. The third-order valence-electron chi connectivity index (χ3n) is 4.05. The number of hydrogen-bond donors (Lipinski definition) is 4. The lowest BCUT2D eigenvalue weighted by atomic mass is 10.1. The molecule has 1 atom stereocenters. The molecule has 2 rings (SSSR count). The van der Waals surface area contributed by atoms with Gasteiger partial charge in [0, 0.05) is 6.42 Å². The van der Waals surface area contributed by atoms with E-state index in [-0.39, 0.29) is 29.6 Å². The number of nitrogens with one attached hydrogen (secondary N) is 1. The molecule has 0 spiro atoms. The number of hydrogen-bond acceptors (Lipinski definition) is 6. The number of para-hydroxylation sites is 1. The summed E-state index contributed by atoms with van der Waals surface area (Å²) in [7, 11) is -4.21. The molecule has 2 aromatic carbocycles. The summed E-state index contributed by atoms with van der Waals surface area (Å²) in [6, 6.07) is 10.8. The normalized spacial score (nSPS) is 11.7. The maximum Gasteiger partial charge on any atom is 0.322 e. The number of nitrogens with zero attached hydrogens (tertiary/aromatic N) is 2. The zero-order valence-corrected chi connectivity index (χ0v) is 17.8. The molecule has 0 saturated heterocycles. The van der Waals surface area contributed by atoms with E-state index < -0.39 is 22.0 Å². The number of benzene rings is 2. The Hall–Kier alpha value is -3.82. The molecule has 0 aromatic heterocycles. The summed E-state index contributed by atoms with van der Waals surface area (Å²) in [5.74, 6) is -0.956. The second-order valence-electron chi connectivity index (χ2n) is 6.49. The first kappa shape index (κ1) is 24.4. The summed E-state index contributed by atoms with van der Waals surface area (Å²) in [4.78, 5) is 19.4. The van der Waals surface area contributed by atoms with E-state index in [2.05, 4.69) is 14.7 Å². The van der Waals surface area contributed by atoms with Crippen LogP contribution < -0.4 is 20.9 Å². The highest BCUT2D eigenvalue weighted by molar-refractivity contribution is 7.89. The van der Waals surface area contributed by atoms with Crippen LogP contribution in [-0.2, 0) is 26.1 Å². The molecule has 0 amide bonds. The maximum atomic E-state index is 12.6. The van der Waals surface area contributed by atoms with Crippen molar-refractivity contribution in [3.05, 3.63) is 65.5 Å². The van der Waals surface area contributed by atoms with E-state index in [1.54, 1.807) is 24.3 Å². The van der Waals surface area contributed by atoms with Crippen molar-refractivity contribution >= 4 is 27.6 Å². The fourth-order valence-corrected chi connectivity index (χ4v) is 3.93. The van der Waals surface area contributed by atoms with Gasteiger partial charge in [-0.1, -0.05) is 36.4 Å². The van der Waals surface area contributed by atoms with E-state index in [0.717, 1.165) is 0 Å². The lowest BCUT2D eigenvalue weighted by Gasteiger charge is -2.16. The van der Waals surface area contributed by atoms with Gasteiger partial charge in [0.1, 0.15) is 18.4 Å². The zero-order valence-electron chi connectivity index (χ0n) is 17.0. The van der Waals surface area contributed by atoms with E-state index in [4.69, 9.17) is 27.6 Å². The molecule has 0 radical (unpaired) electrons. The predicted octanol–water partition coefficient (Wildman–Crippen LogP) is 1.19. The van der Waals surface area contributed by atoms with Crippen LogP contribution >= 0.6 is 0 Å². The van der Waals surface area contributed by atoms with Crippen molar-refractivity contribution in [1.29, 1.82) is 0 Å². The number of carboxylic acids is 1. The van der Waals surface area contributed by atoms with Gasteiger partial charge >= 0.3 is 5.97 Å². The van der Waals surface area contributed by atoms with Crippen LogP contribution in [0.15, 0.2) is 58.6 Å². The van der Waals surface area contributed by atoms with Crippen LogP contribution in [0.4, 0.5) is 5.69 Å². The van der Waals surface area contributed by atoms with Gasteiger partial charge in [-0.2, -0.15) is 4.72 Å². The number of carbonyl (C=O) groups is 1. The quantitative estimate of drug-likeness (QED) is 0.120. The van der Waals surface area contributed by atoms with Crippen LogP contribution in [-0.4, -0.2) is 44.7 Å². The number of carboxylic acid groups (broad SMARTS) is 1. The SMILES string of the molecule is [C-]#[N+]c1ccccc1S(=O)(=O)N[C@@H](Cc1ccc(OCCCON=C(N)N)cc1)C(=O)O. The van der Waals surface area contributed by atoms with Gasteiger partial charge in [-0.05, 0) is 29.3 Å². The topological polar surface area (TPSA) is 171 Å². The second kappa shape index (κ2) is 11.5.